The van der Waals surface area contributed by atoms with Gasteiger partial charge >= 0.3 is 0 Å². The highest BCUT2D eigenvalue weighted by molar-refractivity contribution is 6.32. The molecule has 2 aromatic rings. The number of nitrogens with one attached hydrogen (secondary N) is 2. The Hall–Kier alpha value is -2.68. The first-order valence-electron chi connectivity index (χ1n) is 11.1. The molecule has 1 saturated carbocycles. The first-order valence-corrected chi connectivity index (χ1v) is 11.1. The van der Waals surface area contributed by atoms with Gasteiger partial charge in [0.1, 0.15) is 18.2 Å². The number of rotatable bonds is 10. The van der Waals surface area contributed by atoms with Crippen molar-refractivity contribution in [3.05, 3.63) is 52.2 Å². The number of aryl methyl sites for hydroxylation is 1. The van der Waals surface area contributed by atoms with Crippen molar-refractivity contribution >= 4 is 17.7 Å². The molecule has 1 aliphatic heterocycles. The maximum absolute atomic E-state index is 12.5. The van der Waals surface area contributed by atoms with E-state index in [4.69, 9.17) is 13.9 Å². The maximum atomic E-state index is 12.5. The molecule has 0 saturated heterocycles. The lowest BCUT2D eigenvalue weighted by Gasteiger charge is -2.32. The molecule has 1 fully saturated rings. The molecule has 3 heterocycles. The Morgan fingerprint density at radius 1 is 1.28 bits per heavy atom. The van der Waals surface area contributed by atoms with Gasteiger partial charge in [-0.05, 0) is 75.3 Å². The minimum Gasteiger partial charge on any atom is -0.463 e. The molecule has 2 atom stereocenters. The van der Waals surface area contributed by atoms with Crippen LogP contribution in [0.2, 0.25) is 0 Å². The van der Waals surface area contributed by atoms with Crippen molar-refractivity contribution in [2.45, 2.75) is 58.4 Å². The number of carbonyl (C=O) groups excluding carboxylic acids is 1. The van der Waals surface area contributed by atoms with Crippen molar-refractivity contribution in [3.63, 3.8) is 0 Å². The van der Waals surface area contributed by atoms with E-state index in [1.54, 1.807) is 26.5 Å². The van der Waals surface area contributed by atoms with Gasteiger partial charge in [-0.2, -0.15) is 5.10 Å². The van der Waals surface area contributed by atoms with Crippen molar-refractivity contribution in [2.75, 3.05) is 20.8 Å². The SMILES string of the molecule is COC(C)N(CCc1c(C)[nH]c(/C=C2/C(=O)NN=C2c2ccco2)c1C1CC1)C(C)OC. The summed E-state index contributed by atoms with van der Waals surface area (Å²) in [6, 6.07) is 3.60. The molecular formula is C24H32N4O4. The van der Waals surface area contributed by atoms with Crippen LogP contribution in [0.1, 0.15) is 60.9 Å². The summed E-state index contributed by atoms with van der Waals surface area (Å²) in [5, 5.41) is 4.18. The van der Waals surface area contributed by atoms with E-state index in [-0.39, 0.29) is 18.4 Å². The van der Waals surface area contributed by atoms with Gasteiger partial charge in [-0.1, -0.05) is 0 Å². The zero-order chi connectivity index (χ0) is 22.8. The summed E-state index contributed by atoms with van der Waals surface area (Å²) in [7, 11) is 3.43. The molecule has 1 amide bonds. The number of furan rings is 1. The van der Waals surface area contributed by atoms with Crippen LogP contribution in [0.4, 0.5) is 0 Å². The molecule has 4 rings (SSSR count). The van der Waals surface area contributed by atoms with Gasteiger partial charge in [0.25, 0.3) is 5.91 Å². The Labute approximate surface area is 188 Å². The summed E-state index contributed by atoms with van der Waals surface area (Å²) < 4.78 is 16.6. The van der Waals surface area contributed by atoms with E-state index in [1.807, 2.05) is 26.0 Å². The Balaban J connectivity index is 1.64. The summed E-state index contributed by atoms with van der Waals surface area (Å²) in [5.41, 5.74) is 8.34. The Kier molecular flexibility index (Phi) is 6.64. The zero-order valence-corrected chi connectivity index (χ0v) is 19.4. The fourth-order valence-electron chi connectivity index (χ4n) is 4.37. The van der Waals surface area contributed by atoms with Gasteiger partial charge in [-0.15, -0.1) is 0 Å². The second kappa shape index (κ2) is 9.44. The normalized spacial score (nSPS) is 19.5. The molecule has 8 nitrogen and oxygen atoms in total. The molecule has 2 aliphatic rings. The Morgan fingerprint density at radius 2 is 2.00 bits per heavy atom. The first-order chi connectivity index (χ1) is 15.4. The van der Waals surface area contributed by atoms with Crippen molar-refractivity contribution < 1.29 is 18.7 Å². The molecule has 2 unspecified atom stereocenters. The van der Waals surface area contributed by atoms with E-state index in [9.17, 15) is 4.79 Å². The van der Waals surface area contributed by atoms with Gasteiger partial charge in [0.15, 0.2) is 5.76 Å². The van der Waals surface area contributed by atoms with E-state index in [2.05, 4.69) is 27.3 Å². The number of carbonyl (C=O) groups is 1. The van der Waals surface area contributed by atoms with Gasteiger partial charge in [0, 0.05) is 32.2 Å². The monoisotopic (exact) mass is 440 g/mol. The number of hydrazone groups is 1. The number of ether oxygens (including phenoxy) is 2. The number of aromatic nitrogens is 1. The van der Waals surface area contributed by atoms with E-state index >= 15 is 0 Å². The highest BCUT2D eigenvalue weighted by atomic mass is 16.5. The van der Waals surface area contributed by atoms with Gasteiger partial charge < -0.3 is 18.9 Å². The average Bonchev–Trinajstić information content (AvgIpc) is 3.20. The number of amides is 1. The third-order valence-corrected chi connectivity index (χ3v) is 6.42. The van der Waals surface area contributed by atoms with Crippen molar-refractivity contribution in [1.29, 1.82) is 0 Å². The summed E-state index contributed by atoms with van der Waals surface area (Å²) in [4.78, 5) is 18.3. The first kappa shape index (κ1) is 22.5. The summed E-state index contributed by atoms with van der Waals surface area (Å²) in [5.74, 6) is 0.869. The second-order valence-electron chi connectivity index (χ2n) is 8.42. The van der Waals surface area contributed by atoms with Crippen molar-refractivity contribution in [3.8, 4) is 0 Å². The number of H-pyrrole nitrogens is 1. The molecule has 0 bridgehead atoms. The lowest BCUT2D eigenvalue weighted by atomic mass is 9.99. The van der Waals surface area contributed by atoms with Crippen LogP contribution in [0.5, 0.6) is 0 Å². The predicted octanol–water partition coefficient (Wildman–Crippen LogP) is 3.54. The van der Waals surface area contributed by atoms with Crippen LogP contribution in [0.3, 0.4) is 0 Å². The largest absolute Gasteiger partial charge is 0.463 e. The highest BCUT2D eigenvalue weighted by Gasteiger charge is 2.33. The number of aromatic amines is 1. The molecule has 1 aliphatic carbocycles. The molecule has 0 spiro atoms. The van der Waals surface area contributed by atoms with E-state index in [1.165, 1.54) is 24.0 Å². The van der Waals surface area contributed by atoms with Crippen LogP contribution in [0.15, 0.2) is 33.5 Å². The van der Waals surface area contributed by atoms with Crippen LogP contribution in [-0.4, -0.2) is 54.7 Å². The molecule has 2 aromatic heterocycles. The lowest BCUT2D eigenvalue weighted by molar-refractivity contribution is -0.116. The van der Waals surface area contributed by atoms with Crippen molar-refractivity contribution in [1.82, 2.24) is 15.3 Å². The number of nitrogens with zero attached hydrogens (tertiary/aromatic N) is 2. The maximum Gasteiger partial charge on any atom is 0.273 e. The lowest BCUT2D eigenvalue weighted by Crippen LogP contribution is -2.43. The van der Waals surface area contributed by atoms with Crippen LogP contribution >= 0.6 is 0 Å². The molecule has 0 aromatic carbocycles. The van der Waals surface area contributed by atoms with E-state index in [0.717, 1.165) is 24.4 Å². The van der Waals surface area contributed by atoms with Gasteiger partial charge in [-0.25, -0.2) is 5.43 Å². The Bertz CT molecular complexity index is 1010. The van der Waals surface area contributed by atoms with Crippen LogP contribution < -0.4 is 5.43 Å². The topological polar surface area (TPSA) is 92.1 Å². The fourth-order valence-corrected chi connectivity index (χ4v) is 4.37. The third-order valence-electron chi connectivity index (χ3n) is 6.42. The van der Waals surface area contributed by atoms with Crippen molar-refractivity contribution in [2.24, 2.45) is 5.10 Å². The number of methoxy groups -OCH3 is 2. The van der Waals surface area contributed by atoms with E-state index < -0.39 is 0 Å². The molecule has 8 heteroatoms. The minimum absolute atomic E-state index is 0.0515. The molecule has 2 N–H and O–H groups in total. The second-order valence-corrected chi connectivity index (χ2v) is 8.42. The van der Waals surface area contributed by atoms with E-state index in [0.29, 0.717) is 23.0 Å². The fraction of sp³-hybridized carbons (Fsp3) is 0.500. The van der Waals surface area contributed by atoms with Crippen LogP contribution in [0.25, 0.3) is 6.08 Å². The number of hydrogen-bond acceptors (Lipinski definition) is 6. The molecular weight excluding hydrogens is 408 g/mol. The average molecular weight is 441 g/mol. The summed E-state index contributed by atoms with van der Waals surface area (Å²) in [6.45, 7) is 6.97. The van der Waals surface area contributed by atoms with Crippen LogP contribution in [0, 0.1) is 6.92 Å². The van der Waals surface area contributed by atoms with Crippen LogP contribution in [-0.2, 0) is 20.7 Å². The van der Waals surface area contributed by atoms with Gasteiger partial charge in [0.2, 0.25) is 0 Å². The molecule has 32 heavy (non-hydrogen) atoms. The Morgan fingerprint density at radius 3 is 2.59 bits per heavy atom. The smallest absolute Gasteiger partial charge is 0.273 e. The molecule has 0 radical (unpaired) electrons. The van der Waals surface area contributed by atoms with Gasteiger partial charge in [-0.3, -0.25) is 9.69 Å². The highest BCUT2D eigenvalue weighted by Crippen LogP contribution is 2.45. The van der Waals surface area contributed by atoms with Gasteiger partial charge in [0.05, 0.1) is 11.8 Å². The standard InChI is InChI=1S/C24H32N4O4/c1-14-18(10-11-28(15(2)30-4)16(3)31-5)22(17-8-9-17)20(25-14)13-19-23(26-27-24(19)29)21-7-6-12-32-21/h6-7,12-13,15-17,25H,8-11H2,1-5H3,(H,27,29)/b19-13+. The third kappa shape index (κ3) is 4.44. The number of hydrogen-bond donors (Lipinski definition) is 2. The quantitative estimate of drug-likeness (QED) is 0.436. The summed E-state index contributed by atoms with van der Waals surface area (Å²) in [6.07, 6.45) is 6.59. The zero-order valence-electron chi connectivity index (χ0n) is 19.4. The minimum atomic E-state index is -0.221. The molecule has 172 valence electrons. The predicted molar refractivity (Wildman–Crippen MR) is 122 cm³/mol. The summed E-state index contributed by atoms with van der Waals surface area (Å²) >= 11 is 0.